The van der Waals surface area contributed by atoms with Crippen LogP contribution in [0.4, 0.5) is 8.78 Å². The highest BCUT2D eigenvalue weighted by atomic mass is 19.1. The van der Waals surface area contributed by atoms with Crippen LogP contribution in [0, 0.1) is 36.3 Å². The summed E-state index contributed by atoms with van der Waals surface area (Å²) in [5.41, 5.74) is 0.863. The molecule has 0 radical (unpaired) electrons. The van der Waals surface area contributed by atoms with Crippen LogP contribution < -0.4 is 5.32 Å². The Morgan fingerprint density at radius 2 is 1.95 bits per heavy atom. The molecule has 118 valence electrons. The van der Waals surface area contributed by atoms with E-state index in [4.69, 9.17) is 0 Å². The fourth-order valence-corrected chi connectivity index (χ4v) is 3.75. The van der Waals surface area contributed by atoms with Crippen molar-refractivity contribution in [2.75, 3.05) is 13.6 Å². The van der Waals surface area contributed by atoms with Gasteiger partial charge in [0.1, 0.15) is 11.6 Å². The van der Waals surface area contributed by atoms with Crippen molar-refractivity contribution < 1.29 is 8.78 Å². The average molecular weight is 295 g/mol. The molecule has 1 aromatic carbocycles. The van der Waals surface area contributed by atoms with Gasteiger partial charge in [0, 0.05) is 5.56 Å². The van der Waals surface area contributed by atoms with Crippen molar-refractivity contribution in [3.63, 3.8) is 0 Å². The summed E-state index contributed by atoms with van der Waals surface area (Å²) >= 11 is 0. The molecule has 3 atom stereocenters. The van der Waals surface area contributed by atoms with E-state index in [1.807, 2.05) is 7.05 Å². The molecule has 3 heteroatoms. The number of benzene rings is 1. The van der Waals surface area contributed by atoms with Crippen molar-refractivity contribution in [2.24, 2.45) is 17.8 Å². The first kappa shape index (κ1) is 16.4. The molecule has 0 spiro atoms. The number of rotatable bonds is 4. The summed E-state index contributed by atoms with van der Waals surface area (Å²) in [6, 6.07) is 2.95. The zero-order valence-electron chi connectivity index (χ0n) is 13.5. The van der Waals surface area contributed by atoms with Crippen LogP contribution in [0.25, 0.3) is 0 Å². The summed E-state index contributed by atoms with van der Waals surface area (Å²) in [5, 5.41) is 3.19. The molecule has 1 aliphatic carbocycles. The summed E-state index contributed by atoms with van der Waals surface area (Å²) in [5.74, 6) is 0.704. The molecule has 0 bridgehead atoms. The lowest BCUT2D eigenvalue weighted by Crippen LogP contribution is -2.33. The van der Waals surface area contributed by atoms with Crippen molar-refractivity contribution in [1.82, 2.24) is 5.32 Å². The standard InChI is InChI=1S/C18H27F2N/c1-11(2)13-6-7-14(10-21-4)15(9-13)17-16(19)8-5-12(3)18(17)20/h5,8,11,13-15,21H,6-7,9-10H2,1-4H3. The third kappa shape index (κ3) is 3.45. The molecule has 2 rings (SSSR count). The maximum atomic E-state index is 14.5. The Kier molecular flexibility index (Phi) is 5.37. The Hall–Kier alpha value is -0.960. The molecule has 1 aliphatic rings. The van der Waals surface area contributed by atoms with Gasteiger partial charge < -0.3 is 5.32 Å². The predicted octanol–water partition coefficient (Wildman–Crippen LogP) is 4.65. The van der Waals surface area contributed by atoms with Crippen molar-refractivity contribution in [3.8, 4) is 0 Å². The van der Waals surface area contributed by atoms with Crippen LogP contribution in [0.15, 0.2) is 12.1 Å². The van der Waals surface area contributed by atoms with Gasteiger partial charge in [0.05, 0.1) is 0 Å². The molecule has 1 N–H and O–H groups in total. The zero-order chi connectivity index (χ0) is 15.6. The van der Waals surface area contributed by atoms with Crippen molar-refractivity contribution in [3.05, 3.63) is 34.9 Å². The van der Waals surface area contributed by atoms with Crippen molar-refractivity contribution in [2.45, 2.75) is 46.0 Å². The Labute approximate surface area is 127 Å². The minimum atomic E-state index is -0.381. The Morgan fingerprint density at radius 3 is 2.57 bits per heavy atom. The summed E-state index contributed by atoms with van der Waals surface area (Å²) in [7, 11) is 1.91. The Morgan fingerprint density at radius 1 is 1.24 bits per heavy atom. The zero-order valence-corrected chi connectivity index (χ0v) is 13.5. The quantitative estimate of drug-likeness (QED) is 0.852. The van der Waals surface area contributed by atoms with Crippen LogP contribution in [0.3, 0.4) is 0 Å². The van der Waals surface area contributed by atoms with Gasteiger partial charge in [0.15, 0.2) is 0 Å². The summed E-state index contributed by atoms with van der Waals surface area (Å²) < 4.78 is 28.8. The molecule has 0 amide bonds. The smallest absolute Gasteiger partial charge is 0.132 e. The third-order valence-corrected chi connectivity index (χ3v) is 5.13. The van der Waals surface area contributed by atoms with E-state index in [-0.39, 0.29) is 17.6 Å². The van der Waals surface area contributed by atoms with E-state index < -0.39 is 0 Å². The SMILES string of the molecule is CNCC1CCC(C(C)C)CC1c1c(F)ccc(C)c1F. The highest BCUT2D eigenvalue weighted by Crippen LogP contribution is 2.44. The Bertz CT molecular complexity index is 484. The maximum Gasteiger partial charge on any atom is 0.132 e. The van der Waals surface area contributed by atoms with E-state index in [1.165, 1.54) is 12.1 Å². The molecule has 3 unspecified atom stereocenters. The van der Waals surface area contributed by atoms with Gasteiger partial charge in [0.2, 0.25) is 0 Å². The van der Waals surface area contributed by atoms with E-state index in [0.717, 1.165) is 25.8 Å². The first-order valence-corrected chi connectivity index (χ1v) is 8.04. The molecule has 1 nitrogen and oxygen atoms in total. The third-order valence-electron chi connectivity index (χ3n) is 5.13. The fraction of sp³-hybridized carbons (Fsp3) is 0.667. The van der Waals surface area contributed by atoms with Crippen molar-refractivity contribution >= 4 is 0 Å². The average Bonchev–Trinajstić information content (AvgIpc) is 2.45. The maximum absolute atomic E-state index is 14.5. The molecule has 1 aromatic rings. The van der Waals surface area contributed by atoms with Gasteiger partial charge in [-0.1, -0.05) is 19.9 Å². The number of hydrogen-bond donors (Lipinski definition) is 1. The van der Waals surface area contributed by atoms with Crippen LogP contribution in [0.2, 0.25) is 0 Å². The van der Waals surface area contributed by atoms with Crippen LogP contribution in [0.5, 0.6) is 0 Å². The highest BCUT2D eigenvalue weighted by Gasteiger charge is 2.35. The normalized spacial score (nSPS) is 26.3. The van der Waals surface area contributed by atoms with Gasteiger partial charge in [0.25, 0.3) is 0 Å². The first-order chi connectivity index (χ1) is 9.95. The molecular formula is C18H27F2N. The second kappa shape index (κ2) is 6.87. The molecule has 21 heavy (non-hydrogen) atoms. The van der Waals surface area contributed by atoms with Gasteiger partial charge in [-0.3, -0.25) is 0 Å². The van der Waals surface area contributed by atoms with Crippen LogP contribution >= 0.6 is 0 Å². The van der Waals surface area contributed by atoms with Crippen LogP contribution in [0.1, 0.15) is 50.2 Å². The largest absolute Gasteiger partial charge is 0.319 e. The molecule has 1 fully saturated rings. The lowest BCUT2D eigenvalue weighted by Gasteiger charge is -2.38. The highest BCUT2D eigenvalue weighted by molar-refractivity contribution is 5.30. The van der Waals surface area contributed by atoms with Gasteiger partial charge in [-0.05, 0) is 75.1 Å². The second-order valence-electron chi connectivity index (χ2n) is 6.83. The Balaban J connectivity index is 2.38. The molecule has 0 saturated heterocycles. The minimum Gasteiger partial charge on any atom is -0.319 e. The number of hydrogen-bond acceptors (Lipinski definition) is 1. The molecule has 0 aromatic heterocycles. The molecule has 0 heterocycles. The summed E-state index contributed by atoms with van der Waals surface area (Å²) in [4.78, 5) is 0. The van der Waals surface area contributed by atoms with Gasteiger partial charge >= 0.3 is 0 Å². The van der Waals surface area contributed by atoms with E-state index >= 15 is 0 Å². The monoisotopic (exact) mass is 295 g/mol. The van der Waals surface area contributed by atoms with Gasteiger partial charge in [-0.25, -0.2) is 8.78 Å². The lowest BCUT2D eigenvalue weighted by atomic mass is 9.68. The van der Waals surface area contributed by atoms with E-state index in [9.17, 15) is 8.78 Å². The van der Waals surface area contributed by atoms with Crippen LogP contribution in [-0.2, 0) is 0 Å². The summed E-state index contributed by atoms with van der Waals surface area (Å²) in [6.07, 6.45) is 3.10. The lowest BCUT2D eigenvalue weighted by molar-refractivity contribution is 0.187. The molecule has 1 saturated carbocycles. The number of halogens is 2. The number of nitrogens with one attached hydrogen (secondary N) is 1. The molecular weight excluding hydrogens is 268 g/mol. The first-order valence-electron chi connectivity index (χ1n) is 8.04. The van der Waals surface area contributed by atoms with E-state index in [0.29, 0.717) is 28.9 Å². The van der Waals surface area contributed by atoms with E-state index in [2.05, 4.69) is 19.2 Å². The number of aryl methyl sites for hydroxylation is 1. The van der Waals surface area contributed by atoms with Crippen molar-refractivity contribution in [1.29, 1.82) is 0 Å². The second-order valence-corrected chi connectivity index (χ2v) is 6.83. The summed E-state index contributed by atoms with van der Waals surface area (Å²) in [6.45, 7) is 6.96. The van der Waals surface area contributed by atoms with Crippen LogP contribution in [-0.4, -0.2) is 13.6 Å². The van der Waals surface area contributed by atoms with Gasteiger partial charge in [-0.15, -0.1) is 0 Å². The van der Waals surface area contributed by atoms with Gasteiger partial charge in [-0.2, -0.15) is 0 Å². The molecule has 0 aliphatic heterocycles. The predicted molar refractivity (Wildman–Crippen MR) is 83.4 cm³/mol. The topological polar surface area (TPSA) is 12.0 Å². The van der Waals surface area contributed by atoms with E-state index in [1.54, 1.807) is 6.92 Å². The fourth-order valence-electron chi connectivity index (χ4n) is 3.75. The minimum absolute atomic E-state index is 0.0153.